The Morgan fingerprint density at radius 3 is 2.26 bits per heavy atom. The van der Waals surface area contributed by atoms with Crippen LogP contribution in [0.3, 0.4) is 0 Å². The van der Waals surface area contributed by atoms with Crippen LogP contribution in [0.25, 0.3) is 0 Å². The van der Waals surface area contributed by atoms with E-state index in [0.717, 1.165) is 0 Å². The molecule has 118 valence electrons. The molecule has 0 unspecified atom stereocenters. The van der Waals surface area contributed by atoms with Crippen LogP contribution in [-0.2, 0) is 4.79 Å². The lowest BCUT2D eigenvalue weighted by atomic mass is 10.2. The lowest BCUT2D eigenvalue weighted by molar-refractivity contribution is -0.114. The molecule has 0 fully saturated rings. The molecule has 2 aromatic carbocycles. The second-order valence-corrected chi connectivity index (χ2v) is 4.66. The average molecular weight is 313 g/mol. The molecule has 3 amide bonds. The van der Waals surface area contributed by atoms with Crippen LogP contribution in [0.1, 0.15) is 17.3 Å². The number of hydrogen-bond donors (Lipinski definition) is 3. The fourth-order valence-corrected chi connectivity index (χ4v) is 1.87. The van der Waals surface area contributed by atoms with Crippen molar-refractivity contribution < 1.29 is 19.1 Å². The minimum Gasteiger partial charge on any atom is -0.411 e. The van der Waals surface area contributed by atoms with E-state index in [9.17, 15) is 14.4 Å². The van der Waals surface area contributed by atoms with Crippen LogP contribution in [0.2, 0.25) is 0 Å². The van der Waals surface area contributed by atoms with Crippen molar-refractivity contribution in [3.8, 4) is 5.75 Å². The summed E-state index contributed by atoms with van der Waals surface area (Å²) in [5.41, 5.74) is 6.37. The van der Waals surface area contributed by atoms with Gasteiger partial charge in [0.1, 0.15) is 5.75 Å². The quantitative estimate of drug-likeness (QED) is 0.804. The smallest absolute Gasteiger partial charge is 0.409 e. The standard InChI is InChI=1S/C16H15N3O4/c1-10(20)18-13-4-2-3-11(9-13)15(21)19-12-5-7-14(8-6-12)23-16(17)22/h2-9H,1H3,(H2,17,22)(H,18,20)(H,19,21). The number of carbonyl (C=O) groups excluding carboxylic acids is 3. The molecule has 4 N–H and O–H groups in total. The number of carbonyl (C=O) groups is 3. The Kier molecular flexibility index (Phi) is 4.93. The molecule has 7 heteroatoms. The van der Waals surface area contributed by atoms with Crippen molar-refractivity contribution in [3.05, 3.63) is 54.1 Å². The fraction of sp³-hybridized carbons (Fsp3) is 0.0625. The normalized spacial score (nSPS) is 9.78. The number of rotatable bonds is 4. The van der Waals surface area contributed by atoms with Gasteiger partial charge in [-0.05, 0) is 42.5 Å². The van der Waals surface area contributed by atoms with Crippen molar-refractivity contribution >= 4 is 29.3 Å². The maximum absolute atomic E-state index is 12.2. The Morgan fingerprint density at radius 1 is 0.957 bits per heavy atom. The third kappa shape index (κ3) is 4.85. The van der Waals surface area contributed by atoms with Gasteiger partial charge in [-0.25, -0.2) is 4.79 Å². The first-order chi connectivity index (χ1) is 10.9. The van der Waals surface area contributed by atoms with Gasteiger partial charge in [0, 0.05) is 23.9 Å². The topological polar surface area (TPSA) is 111 Å². The highest BCUT2D eigenvalue weighted by molar-refractivity contribution is 6.05. The lowest BCUT2D eigenvalue weighted by Gasteiger charge is -2.08. The van der Waals surface area contributed by atoms with Crippen molar-refractivity contribution in [2.45, 2.75) is 6.92 Å². The van der Waals surface area contributed by atoms with Gasteiger partial charge >= 0.3 is 6.09 Å². The summed E-state index contributed by atoms with van der Waals surface area (Å²) in [5, 5.41) is 5.31. The molecule has 0 aliphatic rings. The number of primary amides is 1. The zero-order chi connectivity index (χ0) is 16.8. The molecule has 0 spiro atoms. The van der Waals surface area contributed by atoms with Crippen LogP contribution in [0.4, 0.5) is 16.2 Å². The number of amides is 3. The summed E-state index contributed by atoms with van der Waals surface area (Å²) in [4.78, 5) is 33.8. The van der Waals surface area contributed by atoms with E-state index in [1.165, 1.54) is 19.1 Å². The molecule has 0 radical (unpaired) electrons. The van der Waals surface area contributed by atoms with Crippen molar-refractivity contribution in [1.82, 2.24) is 0 Å². The molecule has 23 heavy (non-hydrogen) atoms. The number of anilines is 2. The van der Waals surface area contributed by atoms with E-state index in [1.807, 2.05) is 0 Å². The van der Waals surface area contributed by atoms with Gasteiger partial charge < -0.3 is 21.1 Å². The van der Waals surface area contributed by atoms with Crippen molar-refractivity contribution in [1.29, 1.82) is 0 Å². The van der Waals surface area contributed by atoms with E-state index >= 15 is 0 Å². The summed E-state index contributed by atoms with van der Waals surface area (Å²) >= 11 is 0. The molecule has 0 aliphatic carbocycles. The van der Waals surface area contributed by atoms with E-state index in [2.05, 4.69) is 10.6 Å². The fourth-order valence-electron chi connectivity index (χ4n) is 1.87. The SMILES string of the molecule is CC(=O)Nc1cccc(C(=O)Nc2ccc(OC(N)=O)cc2)c1. The van der Waals surface area contributed by atoms with Gasteiger partial charge in [0.05, 0.1) is 0 Å². The average Bonchev–Trinajstić information content (AvgIpc) is 2.48. The van der Waals surface area contributed by atoms with Crippen LogP contribution in [0, 0.1) is 0 Å². The third-order valence-electron chi connectivity index (χ3n) is 2.78. The van der Waals surface area contributed by atoms with Crippen LogP contribution in [0.5, 0.6) is 5.75 Å². The van der Waals surface area contributed by atoms with Crippen LogP contribution in [0.15, 0.2) is 48.5 Å². The van der Waals surface area contributed by atoms with E-state index < -0.39 is 6.09 Å². The highest BCUT2D eigenvalue weighted by Crippen LogP contribution is 2.17. The first kappa shape index (κ1) is 16.0. The van der Waals surface area contributed by atoms with Gasteiger partial charge in [-0.1, -0.05) is 6.07 Å². The molecule has 0 atom stereocenters. The van der Waals surface area contributed by atoms with Gasteiger partial charge in [0.15, 0.2) is 0 Å². The Morgan fingerprint density at radius 2 is 1.65 bits per heavy atom. The van der Waals surface area contributed by atoms with Gasteiger partial charge in [0.25, 0.3) is 5.91 Å². The largest absolute Gasteiger partial charge is 0.411 e. The molecule has 7 nitrogen and oxygen atoms in total. The second kappa shape index (κ2) is 7.08. The third-order valence-corrected chi connectivity index (χ3v) is 2.78. The first-order valence-electron chi connectivity index (χ1n) is 6.70. The molecular weight excluding hydrogens is 298 g/mol. The molecule has 2 rings (SSSR count). The van der Waals surface area contributed by atoms with Gasteiger partial charge in [0.2, 0.25) is 5.91 Å². The Balaban J connectivity index is 2.06. The second-order valence-electron chi connectivity index (χ2n) is 4.66. The maximum Gasteiger partial charge on any atom is 0.409 e. The predicted molar refractivity (Wildman–Crippen MR) is 85.4 cm³/mol. The predicted octanol–water partition coefficient (Wildman–Crippen LogP) is 2.35. The molecule has 0 aliphatic heterocycles. The van der Waals surface area contributed by atoms with Crippen LogP contribution >= 0.6 is 0 Å². The van der Waals surface area contributed by atoms with E-state index in [4.69, 9.17) is 10.5 Å². The molecular formula is C16H15N3O4. The van der Waals surface area contributed by atoms with Gasteiger partial charge in [-0.3, -0.25) is 9.59 Å². The summed E-state index contributed by atoms with van der Waals surface area (Å²) in [6.07, 6.45) is -0.906. The lowest BCUT2D eigenvalue weighted by Crippen LogP contribution is -2.16. The monoisotopic (exact) mass is 313 g/mol. The van der Waals surface area contributed by atoms with Crippen LogP contribution in [-0.4, -0.2) is 17.9 Å². The van der Waals surface area contributed by atoms with Gasteiger partial charge in [-0.15, -0.1) is 0 Å². The molecule has 0 bridgehead atoms. The summed E-state index contributed by atoms with van der Waals surface area (Å²) < 4.78 is 4.70. The maximum atomic E-state index is 12.2. The van der Waals surface area contributed by atoms with Crippen molar-refractivity contribution in [2.75, 3.05) is 10.6 Å². The molecule has 2 aromatic rings. The molecule has 0 saturated carbocycles. The molecule has 0 aromatic heterocycles. The zero-order valence-electron chi connectivity index (χ0n) is 12.3. The summed E-state index contributed by atoms with van der Waals surface area (Å²) in [6, 6.07) is 12.7. The first-order valence-corrected chi connectivity index (χ1v) is 6.70. The Bertz CT molecular complexity index is 741. The number of benzene rings is 2. The minimum atomic E-state index is -0.906. The molecule has 0 heterocycles. The number of nitrogens with one attached hydrogen (secondary N) is 2. The summed E-state index contributed by atoms with van der Waals surface area (Å²) in [6.45, 7) is 1.39. The van der Waals surface area contributed by atoms with E-state index in [0.29, 0.717) is 16.9 Å². The number of hydrogen-bond acceptors (Lipinski definition) is 4. The zero-order valence-corrected chi connectivity index (χ0v) is 12.3. The van der Waals surface area contributed by atoms with Crippen molar-refractivity contribution in [3.63, 3.8) is 0 Å². The van der Waals surface area contributed by atoms with Gasteiger partial charge in [-0.2, -0.15) is 0 Å². The Hall–Kier alpha value is -3.35. The Labute approximate surface area is 132 Å². The van der Waals surface area contributed by atoms with E-state index in [-0.39, 0.29) is 17.6 Å². The number of nitrogens with two attached hydrogens (primary N) is 1. The highest BCUT2D eigenvalue weighted by Gasteiger charge is 2.08. The summed E-state index contributed by atoms with van der Waals surface area (Å²) in [5.74, 6) is -0.267. The summed E-state index contributed by atoms with van der Waals surface area (Å²) in [7, 11) is 0. The minimum absolute atomic E-state index is 0.215. The van der Waals surface area contributed by atoms with E-state index in [1.54, 1.807) is 36.4 Å². The van der Waals surface area contributed by atoms with Crippen molar-refractivity contribution in [2.24, 2.45) is 5.73 Å². The molecule has 0 saturated heterocycles. The highest BCUT2D eigenvalue weighted by atomic mass is 16.5. The van der Waals surface area contributed by atoms with Crippen LogP contribution < -0.4 is 21.1 Å². The number of ether oxygens (including phenoxy) is 1.